The van der Waals surface area contributed by atoms with Crippen LogP contribution in [0.2, 0.25) is 5.02 Å². The molecule has 2 atom stereocenters. The molecule has 0 saturated heterocycles. The first kappa shape index (κ1) is 27.5. The Labute approximate surface area is 236 Å². The number of rotatable bonds is 7. The highest BCUT2D eigenvalue weighted by Gasteiger charge is 2.38. The van der Waals surface area contributed by atoms with E-state index in [1.54, 1.807) is 7.11 Å². The van der Waals surface area contributed by atoms with Crippen molar-refractivity contribution >= 4 is 23.2 Å². The van der Waals surface area contributed by atoms with Gasteiger partial charge in [0.1, 0.15) is 0 Å². The normalized spacial score (nSPS) is 19.5. The molecular formula is C33H38ClNO4. The Bertz CT molecular complexity index is 1310. The fraction of sp³-hybridized carbons (Fsp3) is 0.424. The molecule has 1 heterocycles. The Hall–Kier alpha value is -3.02. The summed E-state index contributed by atoms with van der Waals surface area (Å²) in [4.78, 5) is 15.6. The van der Waals surface area contributed by atoms with Crippen molar-refractivity contribution in [2.24, 2.45) is 5.92 Å². The molecule has 1 unspecified atom stereocenters. The molecule has 6 heteroatoms. The van der Waals surface area contributed by atoms with E-state index in [2.05, 4.69) is 0 Å². The minimum Gasteiger partial charge on any atom is -0.493 e. The predicted molar refractivity (Wildman–Crippen MR) is 156 cm³/mol. The van der Waals surface area contributed by atoms with Crippen LogP contribution in [0.1, 0.15) is 81.2 Å². The van der Waals surface area contributed by atoms with Crippen molar-refractivity contribution in [3.05, 3.63) is 87.9 Å². The first-order valence-corrected chi connectivity index (χ1v) is 14.3. The molecule has 3 aromatic rings. The van der Waals surface area contributed by atoms with Crippen molar-refractivity contribution in [2.45, 2.75) is 77.0 Å². The van der Waals surface area contributed by atoms with E-state index < -0.39 is 5.60 Å². The van der Waals surface area contributed by atoms with Crippen molar-refractivity contribution in [1.82, 2.24) is 0 Å². The van der Waals surface area contributed by atoms with Crippen LogP contribution in [0.25, 0.3) is 0 Å². The van der Waals surface area contributed by atoms with E-state index in [1.165, 1.54) is 6.42 Å². The molecule has 1 N–H and O–H groups in total. The second kappa shape index (κ2) is 11.2. The molecule has 0 aromatic heterocycles. The number of fused-ring (bicyclic) bond motifs is 1. The number of methoxy groups -OCH3 is 1. The number of hydrogen-bond donors (Lipinski definition) is 1. The molecule has 5 rings (SSSR count). The highest BCUT2D eigenvalue weighted by atomic mass is 35.5. The molecule has 1 amide bonds. The number of carbonyl (C=O) groups excluding carboxylic acids is 1. The van der Waals surface area contributed by atoms with Crippen molar-refractivity contribution in [3.63, 3.8) is 0 Å². The third-order valence-corrected chi connectivity index (χ3v) is 8.52. The van der Waals surface area contributed by atoms with Gasteiger partial charge in [-0.15, -0.1) is 0 Å². The molecule has 1 fully saturated rings. The summed E-state index contributed by atoms with van der Waals surface area (Å²) in [6, 6.07) is 19.1. The van der Waals surface area contributed by atoms with E-state index in [-0.39, 0.29) is 30.4 Å². The maximum atomic E-state index is 13.8. The standard InChI is InChI=1S/C33H38ClNO4/c1-21(2)39-30-20-28-23(18-29(30)38-4)19-31(36)35(32(28)22-10-14-26(34)15-11-22)27-16-12-25(13-17-27)33(3,37)24-8-6-5-7-9-24/h10-18,20-21,24,32,37H,5-9,19H2,1-4H3/t32-,33?/m0/s1. The van der Waals surface area contributed by atoms with E-state index in [0.29, 0.717) is 16.5 Å². The monoisotopic (exact) mass is 547 g/mol. The summed E-state index contributed by atoms with van der Waals surface area (Å²) in [5.74, 6) is 1.51. The van der Waals surface area contributed by atoms with Crippen molar-refractivity contribution in [2.75, 3.05) is 12.0 Å². The largest absolute Gasteiger partial charge is 0.493 e. The third kappa shape index (κ3) is 5.53. The Morgan fingerprint density at radius 1 is 0.974 bits per heavy atom. The Balaban J connectivity index is 1.58. The molecule has 0 spiro atoms. The molecule has 39 heavy (non-hydrogen) atoms. The molecule has 1 aliphatic heterocycles. The molecule has 1 aliphatic carbocycles. The summed E-state index contributed by atoms with van der Waals surface area (Å²) in [5, 5.41) is 12.1. The zero-order valence-corrected chi connectivity index (χ0v) is 24.0. The summed E-state index contributed by atoms with van der Waals surface area (Å²) in [6.45, 7) is 5.89. The zero-order valence-electron chi connectivity index (χ0n) is 23.2. The number of anilines is 1. The summed E-state index contributed by atoms with van der Waals surface area (Å²) >= 11 is 6.24. The van der Waals surface area contributed by atoms with Crippen LogP contribution in [-0.4, -0.2) is 24.2 Å². The predicted octanol–water partition coefficient (Wildman–Crippen LogP) is 7.60. The summed E-state index contributed by atoms with van der Waals surface area (Å²) in [6.07, 6.45) is 5.87. The van der Waals surface area contributed by atoms with Gasteiger partial charge >= 0.3 is 0 Å². The smallest absolute Gasteiger partial charge is 0.232 e. The third-order valence-electron chi connectivity index (χ3n) is 8.27. The quantitative estimate of drug-likeness (QED) is 0.331. The molecular weight excluding hydrogens is 510 g/mol. The topological polar surface area (TPSA) is 59.0 Å². The Morgan fingerprint density at radius 3 is 2.26 bits per heavy atom. The fourth-order valence-corrected chi connectivity index (χ4v) is 6.31. The lowest BCUT2D eigenvalue weighted by atomic mass is 9.74. The van der Waals surface area contributed by atoms with E-state index in [4.69, 9.17) is 21.1 Å². The fourth-order valence-electron chi connectivity index (χ4n) is 6.19. The SMILES string of the molecule is COc1cc2c(cc1OC(C)C)[C@H](c1ccc(Cl)cc1)N(c1ccc(C(C)(O)C3CCCCC3)cc1)C(=O)C2. The first-order valence-electron chi connectivity index (χ1n) is 14.0. The lowest BCUT2D eigenvalue weighted by Crippen LogP contribution is -2.41. The average Bonchev–Trinajstić information content (AvgIpc) is 2.93. The molecule has 1 saturated carbocycles. The second-order valence-electron chi connectivity index (χ2n) is 11.3. The van der Waals surface area contributed by atoms with Gasteiger partial charge in [0.25, 0.3) is 0 Å². The number of ether oxygens (including phenoxy) is 2. The molecule has 2 aliphatic rings. The van der Waals surface area contributed by atoms with Crippen LogP contribution >= 0.6 is 11.6 Å². The molecule has 5 nitrogen and oxygen atoms in total. The second-order valence-corrected chi connectivity index (χ2v) is 11.7. The lowest BCUT2D eigenvalue weighted by molar-refractivity contribution is -0.118. The molecule has 0 radical (unpaired) electrons. The highest BCUT2D eigenvalue weighted by Crippen LogP contribution is 2.45. The van der Waals surface area contributed by atoms with Gasteiger partial charge in [0.15, 0.2) is 11.5 Å². The lowest BCUT2D eigenvalue weighted by Gasteiger charge is -2.39. The van der Waals surface area contributed by atoms with Gasteiger partial charge in [0.05, 0.1) is 31.3 Å². The van der Waals surface area contributed by atoms with Crippen LogP contribution in [0.5, 0.6) is 11.5 Å². The minimum absolute atomic E-state index is 0.00572. The summed E-state index contributed by atoms with van der Waals surface area (Å²) in [7, 11) is 1.62. The van der Waals surface area contributed by atoms with Crippen molar-refractivity contribution in [3.8, 4) is 11.5 Å². The first-order chi connectivity index (χ1) is 18.7. The van der Waals surface area contributed by atoms with Crippen LogP contribution in [-0.2, 0) is 16.8 Å². The Kier molecular flexibility index (Phi) is 7.93. The molecule has 3 aromatic carbocycles. The van der Waals surface area contributed by atoms with Gasteiger partial charge in [-0.3, -0.25) is 4.79 Å². The number of benzene rings is 3. The van der Waals surface area contributed by atoms with Crippen LogP contribution in [0, 0.1) is 5.92 Å². The van der Waals surface area contributed by atoms with Crippen LogP contribution < -0.4 is 14.4 Å². The highest BCUT2D eigenvalue weighted by molar-refractivity contribution is 6.30. The molecule has 206 valence electrons. The van der Waals surface area contributed by atoms with Gasteiger partial charge in [0.2, 0.25) is 5.91 Å². The van der Waals surface area contributed by atoms with E-state index in [1.807, 2.05) is 86.3 Å². The average molecular weight is 548 g/mol. The van der Waals surface area contributed by atoms with E-state index in [9.17, 15) is 9.90 Å². The number of carbonyl (C=O) groups is 1. The Morgan fingerprint density at radius 2 is 1.64 bits per heavy atom. The zero-order chi connectivity index (χ0) is 27.7. The van der Waals surface area contributed by atoms with Crippen LogP contribution in [0.3, 0.4) is 0 Å². The van der Waals surface area contributed by atoms with E-state index in [0.717, 1.165) is 53.6 Å². The van der Waals surface area contributed by atoms with Gasteiger partial charge in [-0.1, -0.05) is 55.1 Å². The van der Waals surface area contributed by atoms with E-state index >= 15 is 0 Å². The number of amides is 1. The summed E-state index contributed by atoms with van der Waals surface area (Å²) in [5.41, 5.74) is 3.65. The number of halogens is 1. The van der Waals surface area contributed by atoms with Crippen LogP contribution in [0.4, 0.5) is 5.69 Å². The maximum Gasteiger partial charge on any atom is 0.232 e. The van der Waals surface area contributed by atoms with Crippen LogP contribution in [0.15, 0.2) is 60.7 Å². The number of nitrogens with zero attached hydrogens (tertiary/aromatic N) is 1. The van der Waals surface area contributed by atoms with Gasteiger partial charge in [-0.05, 0) is 98.2 Å². The maximum absolute atomic E-state index is 13.8. The summed E-state index contributed by atoms with van der Waals surface area (Å²) < 4.78 is 11.7. The van der Waals surface area contributed by atoms with Gasteiger partial charge in [0, 0.05) is 10.7 Å². The molecule has 0 bridgehead atoms. The van der Waals surface area contributed by atoms with Gasteiger partial charge < -0.3 is 19.5 Å². The van der Waals surface area contributed by atoms with Gasteiger partial charge in [-0.2, -0.15) is 0 Å². The van der Waals surface area contributed by atoms with Crippen molar-refractivity contribution in [1.29, 1.82) is 0 Å². The number of hydrogen-bond acceptors (Lipinski definition) is 4. The number of aliphatic hydroxyl groups is 1. The van der Waals surface area contributed by atoms with Gasteiger partial charge in [-0.25, -0.2) is 0 Å². The van der Waals surface area contributed by atoms with Crippen molar-refractivity contribution < 1.29 is 19.4 Å². The minimum atomic E-state index is -0.896.